The third-order valence-corrected chi connectivity index (χ3v) is 8.90. The van der Waals surface area contributed by atoms with E-state index in [-0.39, 0.29) is 5.41 Å². The van der Waals surface area contributed by atoms with Gasteiger partial charge in [0.05, 0.1) is 17.8 Å². The maximum Gasteiger partial charge on any atom is 0.108 e. The highest BCUT2D eigenvalue weighted by atomic mass is 16.3. The van der Waals surface area contributed by atoms with Crippen LogP contribution in [0.3, 0.4) is 0 Å². The number of hydrogen-bond acceptors (Lipinski definition) is 4. The van der Waals surface area contributed by atoms with E-state index in [9.17, 15) is 20.4 Å². The molecule has 7 atom stereocenters. The van der Waals surface area contributed by atoms with Gasteiger partial charge in [0.1, 0.15) is 5.60 Å². The second kappa shape index (κ2) is 9.21. The molecule has 3 fully saturated rings. The zero-order valence-electron chi connectivity index (χ0n) is 20.6. The Labute approximate surface area is 194 Å². The summed E-state index contributed by atoms with van der Waals surface area (Å²) in [5, 5.41) is 41.1. The molecule has 0 amide bonds. The smallest absolute Gasteiger partial charge is 0.108 e. The summed E-state index contributed by atoms with van der Waals surface area (Å²) in [6, 6.07) is 0. The van der Waals surface area contributed by atoms with E-state index in [1.165, 1.54) is 24.8 Å². The highest BCUT2D eigenvalue weighted by Gasteiger charge is 2.50. The van der Waals surface area contributed by atoms with Crippen LogP contribution in [-0.4, -0.2) is 43.8 Å². The summed E-state index contributed by atoms with van der Waals surface area (Å²) in [5.74, 6) is 1.39. The Morgan fingerprint density at radius 3 is 2.47 bits per heavy atom. The van der Waals surface area contributed by atoms with E-state index in [0.29, 0.717) is 30.6 Å². The van der Waals surface area contributed by atoms with E-state index in [4.69, 9.17) is 0 Å². The Hall–Kier alpha value is -1.20. The first-order valence-electron chi connectivity index (χ1n) is 12.4. The van der Waals surface area contributed by atoms with Gasteiger partial charge >= 0.3 is 0 Å². The van der Waals surface area contributed by atoms with Gasteiger partial charge in [0, 0.05) is 6.42 Å². The minimum atomic E-state index is -1.26. The Kier molecular flexibility index (Phi) is 7.32. The first-order valence-corrected chi connectivity index (χ1v) is 12.4. The van der Waals surface area contributed by atoms with Gasteiger partial charge in [-0.3, -0.25) is 0 Å². The summed E-state index contributed by atoms with van der Waals surface area (Å²) < 4.78 is 0. The van der Waals surface area contributed by atoms with Gasteiger partial charge < -0.3 is 20.4 Å². The molecule has 1 unspecified atom stereocenters. The van der Waals surface area contributed by atoms with Crippen LogP contribution in [0, 0.1) is 23.2 Å². The van der Waals surface area contributed by atoms with Crippen molar-refractivity contribution < 1.29 is 20.4 Å². The van der Waals surface area contributed by atoms with E-state index in [2.05, 4.69) is 38.7 Å². The lowest BCUT2D eigenvalue weighted by atomic mass is 9.61. The Balaban J connectivity index is 1.78. The van der Waals surface area contributed by atoms with Crippen LogP contribution in [0.5, 0.6) is 0 Å². The summed E-state index contributed by atoms with van der Waals surface area (Å²) in [4.78, 5) is 0. The molecule has 0 aromatic rings. The molecule has 180 valence electrons. The molecule has 0 saturated heterocycles. The van der Waals surface area contributed by atoms with Crippen molar-refractivity contribution in [2.45, 2.75) is 103 Å². The average molecular weight is 445 g/mol. The average Bonchev–Trinajstić information content (AvgIpc) is 3.04. The third kappa shape index (κ3) is 4.99. The van der Waals surface area contributed by atoms with Crippen LogP contribution < -0.4 is 0 Å². The van der Waals surface area contributed by atoms with Crippen molar-refractivity contribution in [1.29, 1.82) is 0 Å². The SMILES string of the molecule is C=C1/C(=C\C=C2/CCC[C@]3(C)[C@@H]([C@H](C)/C=C/[C@@](C)(O)C(C)(C)O)CC[C@@H]23)C[C@@H](O)CC1O. The Morgan fingerprint density at radius 1 is 1.12 bits per heavy atom. The molecular formula is C28H44O4. The molecule has 4 heteroatoms. The van der Waals surface area contributed by atoms with Crippen molar-refractivity contribution in [3.8, 4) is 0 Å². The van der Waals surface area contributed by atoms with E-state index in [1.54, 1.807) is 26.8 Å². The molecule has 0 radical (unpaired) electrons. The van der Waals surface area contributed by atoms with Gasteiger partial charge in [-0.25, -0.2) is 0 Å². The van der Waals surface area contributed by atoms with Gasteiger partial charge in [-0.15, -0.1) is 0 Å². The first-order chi connectivity index (χ1) is 14.8. The molecule has 4 nitrogen and oxygen atoms in total. The molecule has 32 heavy (non-hydrogen) atoms. The molecule has 4 N–H and O–H groups in total. The van der Waals surface area contributed by atoms with Gasteiger partial charge in [0.2, 0.25) is 0 Å². The molecule has 0 aliphatic heterocycles. The summed E-state index contributed by atoms with van der Waals surface area (Å²) in [7, 11) is 0. The van der Waals surface area contributed by atoms with Crippen LogP contribution >= 0.6 is 0 Å². The lowest BCUT2D eigenvalue weighted by molar-refractivity contribution is -0.0886. The van der Waals surface area contributed by atoms with E-state index in [0.717, 1.165) is 24.0 Å². The largest absolute Gasteiger partial charge is 0.393 e. The number of aliphatic hydroxyl groups is 4. The number of hydrogen-bond donors (Lipinski definition) is 4. The van der Waals surface area contributed by atoms with Crippen molar-refractivity contribution in [2.24, 2.45) is 23.2 Å². The molecular weight excluding hydrogens is 400 g/mol. The zero-order chi connectivity index (χ0) is 23.9. The Morgan fingerprint density at radius 2 is 1.81 bits per heavy atom. The Bertz CT molecular complexity index is 797. The molecule has 0 heterocycles. The molecule has 3 aliphatic rings. The predicted molar refractivity (Wildman–Crippen MR) is 130 cm³/mol. The number of fused-ring (bicyclic) bond motifs is 1. The van der Waals surface area contributed by atoms with E-state index >= 15 is 0 Å². The number of aliphatic hydroxyl groups excluding tert-OH is 2. The first kappa shape index (κ1) is 25.4. The van der Waals surface area contributed by atoms with Crippen LogP contribution in [-0.2, 0) is 0 Å². The van der Waals surface area contributed by atoms with Crippen LogP contribution in [0.25, 0.3) is 0 Å². The third-order valence-electron chi connectivity index (χ3n) is 8.90. The predicted octanol–water partition coefficient (Wildman–Crippen LogP) is 4.84. The monoisotopic (exact) mass is 444 g/mol. The van der Waals surface area contributed by atoms with Crippen molar-refractivity contribution in [1.82, 2.24) is 0 Å². The van der Waals surface area contributed by atoms with Gasteiger partial charge in [-0.1, -0.05) is 50.3 Å². The van der Waals surface area contributed by atoms with Gasteiger partial charge in [-0.05, 0) is 93.6 Å². The maximum absolute atomic E-state index is 10.6. The molecule has 3 rings (SSSR count). The van der Waals surface area contributed by atoms with E-state index in [1.807, 2.05) is 0 Å². The fourth-order valence-corrected chi connectivity index (χ4v) is 6.29. The molecule has 0 aromatic heterocycles. The molecule has 0 aromatic carbocycles. The summed E-state index contributed by atoms with van der Waals surface area (Å²) in [6.07, 6.45) is 13.8. The lowest BCUT2D eigenvalue weighted by Crippen LogP contribution is -2.46. The van der Waals surface area contributed by atoms with Gasteiger partial charge in [-0.2, -0.15) is 0 Å². The van der Waals surface area contributed by atoms with Gasteiger partial charge in [0.15, 0.2) is 0 Å². The number of allylic oxidation sites excluding steroid dienone is 4. The fraction of sp³-hybridized carbons (Fsp3) is 0.714. The molecule has 3 saturated carbocycles. The topological polar surface area (TPSA) is 80.9 Å². The lowest BCUT2D eigenvalue weighted by Gasteiger charge is -2.44. The second-order valence-corrected chi connectivity index (χ2v) is 11.6. The van der Waals surface area contributed by atoms with Crippen LogP contribution in [0.4, 0.5) is 0 Å². The standard InChI is InChI=1S/C28H44O4/c1-18(13-15-28(6,32)26(3,4)31)23-11-12-24-20(8-7-14-27(23,24)5)9-10-21-16-22(29)17-25(30)19(21)2/h9-10,13,15,18,22-25,29-32H,2,7-8,11-12,14,16-17H2,1,3-6H3/b15-13+,20-9+,21-10-/t18-,22-,23-,24+,25?,27-,28-/m1/s1. The fourth-order valence-electron chi connectivity index (χ4n) is 6.29. The highest BCUT2D eigenvalue weighted by Crippen LogP contribution is 2.59. The van der Waals surface area contributed by atoms with Crippen molar-refractivity contribution in [3.63, 3.8) is 0 Å². The zero-order valence-corrected chi connectivity index (χ0v) is 20.6. The van der Waals surface area contributed by atoms with E-state index < -0.39 is 23.4 Å². The van der Waals surface area contributed by atoms with Crippen LogP contribution in [0.1, 0.15) is 79.6 Å². The maximum atomic E-state index is 10.6. The highest BCUT2D eigenvalue weighted by molar-refractivity contribution is 5.38. The van der Waals surface area contributed by atoms with Crippen LogP contribution in [0.2, 0.25) is 0 Å². The molecule has 0 spiro atoms. The summed E-state index contributed by atoms with van der Waals surface area (Å²) in [5.41, 5.74) is 0.958. The van der Waals surface area contributed by atoms with Crippen molar-refractivity contribution in [3.05, 3.63) is 47.6 Å². The minimum Gasteiger partial charge on any atom is -0.393 e. The summed E-state index contributed by atoms with van der Waals surface area (Å²) >= 11 is 0. The second-order valence-electron chi connectivity index (χ2n) is 11.6. The van der Waals surface area contributed by atoms with Gasteiger partial charge in [0.25, 0.3) is 0 Å². The quantitative estimate of drug-likeness (QED) is 0.457. The van der Waals surface area contributed by atoms with Crippen molar-refractivity contribution in [2.75, 3.05) is 0 Å². The normalized spacial score (nSPS) is 39.5. The van der Waals surface area contributed by atoms with Crippen LogP contribution in [0.15, 0.2) is 47.6 Å². The molecule has 0 bridgehead atoms. The molecule has 3 aliphatic carbocycles. The number of rotatable bonds is 5. The van der Waals surface area contributed by atoms with Crippen molar-refractivity contribution >= 4 is 0 Å². The minimum absolute atomic E-state index is 0.218. The summed E-state index contributed by atoms with van der Waals surface area (Å²) in [6.45, 7) is 13.7.